The molecule has 0 aliphatic carbocycles. The summed E-state index contributed by atoms with van der Waals surface area (Å²) in [5, 5.41) is 0. The largest absolute Gasteiger partial charge is 0.501 e. The highest BCUT2D eigenvalue weighted by Crippen LogP contribution is 2.38. The molecule has 0 unspecified atom stereocenters. The summed E-state index contributed by atoms with van der Waals surface area (Å²) in [6.45, 7) is 7.86. The van der Waals surface area contributed by atoms with Gasteiger partial charge in [-0.05, 0) is 40.4 Å². The van der Waals surface area contributed by atoms with Crippen LogP contribution in [0.4, 0.5) is 0 Å². The Hall–Kier alpha value is 1.50. The first kappa shape index (κ1) is 17.5. The van der Waals surface area contributed by atoms with E-state index in [1.165, 1.54) is 9.83 Å². The van der Waals surface area contributed by atoms with E-state index in [0.29, 0.717) is 19.8 Å². The Morgan fingerprint density at radius 3 is 1.88 bits per heavy atom. The lowest BCUT2D eigenvalue weighted by molar-refractivity contribution is 0.0729. The van der Waals surface area contributed by atoms with Crippen molar-refractivity contribution < 1.29 is 13.3 Å². The van der Waals surface area contributed by atoms with Crippen LogP contribution in [-0.2, 0) is 13.3 Å². The Bertz CT molecular complexity index is 147. The van der Waals surface area contributed by atoms with Gasteiger partial charge in [0.2, 0.25) is 0 Å². The fourth-order valence-corrected chi connectivity index (χ4v) is 7.92. The van der Waals surface area contributed by atoms with Crippen molar-refractivity contribution in [2.75, 3.05) is 25.6 Å². The van der Waals surface area contributed by atoms with Crippen molar-refractivity contribution in [3.05, 3.63) is 0 Å². The average Bonchev–Trinajstić information content (AvgIpc) is 2.26. The van der Waals surface area contributed by atoms with Gasteiger partial charge in [0.1, 0.15) is 0 Å². The number of thiol groups is 1. The predicted octanol–water partition coefficient (Wildman–Crippen LogP) is 3.91. The van der Waals surface area contributed by atoms with Gasteiger partial charge in [0.25, 0.3) is 0 Å². The summed E-state index contributed by atoms with van der Waals surface area (Å²) in [5.41, 5.74) is 0. The molecule has 8 heteroatoms. The zero-order valence-electron chi connectivity index (χ0n) is 9.93. The highest BCUT2D eigenvalue weighted by molar-refractivity contribution is 9.23. The molecule has 98 valence electrons. The van der Waals surface area contributed by atoms with E-state index >= 15 is 0 Å². The van der Waals surface area contributed by atoms with E-state index in [1.807, 2.05) is 20.8 Å². The maximum Gasteiger partial charge on any atom is 0.501 e. The quantitative estimate of drug-likeness (QED) is 0.268. The van der Waals surface area contributed by atoms with Crippen LogP contribution in [0.15, 0.2) is 0 Å². The van der Waals surface area contributed by atoms with E-state index in [1.54, 1.807) is 20.6 Å². The Morgan fingerprint density at radius 1 is 1.00 bits per heavy atom. The van der Waals surface area contributed by atoms with Gasteiger partial charge in [0.05, 0.1) is 0 Å². The van der Waals surface area contributed by atoms with Gasteiger partial charge in [-0.25, -0.2) is 0 Å². The molecular formula is C8H20O3S4Si. The number of rotatable bonds is 11. The maximum absolute atomic E-state index is 5.74. The van der Waals surface area contributed by atoms with Crippen LogP contribution in [0.5, 0.6) is 0 Å². The molecule has 0 amide bonds. The van der Waals surface area contributed by atoms with E-state index in [-0.39, 0.29) is 0 Å². The second-order valence-corrected chi connectivity index (χ2v) is 10.5. The highest BCUT2D eigenvalue weighted by atomic mass is 33.7. The molecule has 0 N–H and O–H groups in total. The van der Waals surface area contributed by atoms with Gasteiger partial charge in [-0.3, -0.25) is 0 Å². The van der Waals surface area contributed by atoms with Crippen molar-refractivity contribution >= 4 is 50.9 Å². The second kappa shape index (κ2) is 11.6. The maximum atomic E-state index is 5.74. The molecule has 0 aromatic heterocycles. The van der Waals surface area contributed by atoms with Gasteiger partial charge >= 0.3 is 8.80 Å². The van der Waals surface area contributed by atoms with Crippen LogP contribution in [0.25, 0.3) is 0 Å². The molecule has 0 fully saturated rings. The molecule has 16 heavy (non-hydrogen) atoms. The van der Waals surface area contributed by atoms with Crippen molar-refractivity contribution in [2.24, 2.45) is 0 Å². The molecular weight excluding hydrogens is 300 g/mol. The smallest absolute Gasteiger partial charge is 0.374 e. The minimum absolute atomic E-state index is 0.644. The van der Waals surface area contributed by atoms with Gasteiger partial charge in [0.15, 0.2) is 0 Å². The lowest BCUT2D eigenvalue weighted by Gasteiger charge is -2.28. The summed E-state index contributed by atoms with van der Waals surface area (Å²) < 4.78 is 17.2. The zero-order valence-corrected chi connectivity index (χ0v) is 14.3. The average molecular weight is 321 g/mol. The molecule has 0 heterocycles. The Kier molecular flexibility index (Phi) is 12.7. The minimum Gasteiger partial charge on any atom is -0.374 e. The summed E-state index contributed by atoms with van der Waals surface area (Å²) in [6.07, 6.45) is 0. The highest BCUT2D eigenvalue weighted by Gasteiger charge is 2.39. The van der Waals surface area contributed by atoms with Crippen LogP contribution in [-0.4, -0.2) is 34.4 Å². The molecule has 0 saturated carbocycles. The van der Waals surface area contributed by atoms with Crippen molar-refractivity contribution in [3.63, 3.8) is 0 Å². The van der Waals surface area contributed by atoms with E-state index in [0.717, 1.165) is 11.8 Å². The summed E-state index contributed by atoms with van der Waals surface area (Å²) >= 11 is 4.07. The summed E-state index contributed by atoms with van der Waals surface area (Å²) in [7, 11) is 2.46. The molecule has 0 bridgehead atoms. The lowest BCUT2D eigenvalue weighted by atomic mass is 10.9. The first-order valence-corrected chi connectivity index (χ1v) is 11.9. The summed E-state index contributed by atoms with van der Waals surface area (Å²) in [6, 6.07) is 0.856. The third-order valence-electron chi connectivity index (χ3n) is 1.66. The van der Waals surface area contributed by atoms with Crippen molar-refractivity contribution in [1.29, 1.82) is 0 Å². The molecule has 0 radical (unpaired) electrons. The third-order valence-corrected chi connectivity index (χ3v) is 9.63. The molecule has 0 aliphatic heterocycles. The van der Waals surface area contributed by atoms with Crippen LogP contribution >= 0.6 is 42.1 Å². The van der Waals surface area contributed by atoms with E-state index in [9.17, 15) is 0 Å². The lowest BCUT2D eigenvalue weighted by Crippen LogP contribution is -2.46. The van der Waals surface area contributed by atoms with E-state index < -0.39 is 8.80 Å². The van der Waals surface area contributed by atoms with Gasteiger partial charge in [-0.2, -0.15) is 0 Å². The van der Waals surface area contributed by atoms with Gasteiger partial charge in [-0.15, -0.1) is 0 Å². The fourth-order valence-electron chi connectivity index (χ4n) is 1.22. The molecule has 3 nitrogen and oxygen atoms in total. The monoisotopic (exact) mass is 320 g/mol. The number of hydrogen-bond donors (Lipinski definition) is 1. The van der Waals surface area contributed by atoms with Crippen LogP contribution in [0.3, 0.4) is 0 Å². The van der Waals surface area contributed by atoms with E-state index in [2.05, 4.69) is 11.7 Å². The Labute approximate surface area is 116 Å². The van der Waals surface area contributed by atoms with Crippen molar-refractivity contribution in [3.8, 4) is 0 Å². The topological polar surface area (TPSA) is 27.7 Å². The van der Waals surface area contributed by atoms with Crippen LogP contribution < -0.4 is 0 Å². The van der Waals surface area contributed by atoms with Gasteiger partial charge in [-0.1, -0.05) is 22.5 Å². The Balaban J connectivity index is 4.12. The molecule has 0 saturated heterocycles. The Morgan fingerprint density at radius 2 is 1.50 bits per heavy atom. The molecule has 0 rings (SSSR count). The summed E-state index contributed by atoms with van der Waals surface area (Å²) in [4.78, 5) is 0. The fraction of sp³-hybridized carbons (Fsp3) is 1.00. The normalized spacial score (nSPS) is 12.0. The first-order chi connectivity index (χ1) is 7.74. The minimum atomic E-state index is -2.41. The van der Waals surface area contributed by atoms with Crippen molar-refractivity contribution in [2.45, 2.75) is 26.8 Å². The standard InChI is InChI=1S/C8H20O3S4Si/c1-4-9-16(10-5-2,11-6-3)8-7-13-15-14-12/h12H,4-8H2,1-3H3. The summed E-state index contributed by atoms with van der Waals surface area (Å²) in [5.74, 6) is 0.963. The van der Waals surface area contributed by atoms with Crippen LogP contribution in [0.1, 0.15) is 20.8 Å². The zero-order chi connectivity index (χ0) is 12.3. The van der Waals surface area contributed by atoms with Crippen molar-refractivity contribution in [1.82, 2.24) is 0 Å². The first-order valence-electron chi connectivity index (χ1n) is 5.26. The molecule has 0 aromatic rings. The van der Waals surface area contributed by atoms with Gasteiger partial charge < -0.3 is 13.3 Å². The van der Waals surface area contributed by atoms with Crippen LogP contribution in [0, 0.1) is 0 Å². The second-order valence-electron chi connectivity index (χ2n) is 2.70. The predicted molar refractivity (Wildman–Crippen MR) is 82.1 cm³/mol. The number of hydrogen-bond acceptors (Lipinski definition) is 7. The SMILES string of the molecule is CCO[Si](CCSSSS)(OCC)OCC. The molecule has 0 aliphatic rings. The molecule has 0 aromatic carbocycles. The van der Waals surface area contributed by atoms with Crippen LogP contribution in [0.2, 0.25) is 6.04 Å². The molecule has 0 spiro atoms. The van der Waals surface area contributed by atoms with E-state index in [4.69, 9.17) is 13.3 Å². The third kappa shape index (κ3) is 7.75. The van der Waals surface area contributed by atoms with Gasteiger partial charge in [0, 0.05) is 31.6 Å². The molecule has 0 atom stereocenters.